The van der Waals surface area contributed by atoms with Crippen LogP contribution < -0.4 is 10.1 Å². The summed E-state index contributed by atoms with van der Waals surface area (Å²) in [6.07, 6.45) is 0. The molecule has 1 fully saturated rings. The van der Waals surface area contributed by atoms with E-state index in [9.17, 15) is 0 Å². The standard InChI is InChI=1S/C19H24N2O.2ClH/c1-16(21-13-11-20-12-14-21)18-9-5-6-10-19(18)22-15-17-7-3-2-4-8-17;;/h2-10,16,20H,11-15H2,1H3;2*1H/t16-;;/m0../s1. The smallest absolute Gasteiger partial charge is 0.124 e. The highest BCUT2D eigenvalue weighted by Crippen LogP contribution is 2.29. The van der Waals surface area contributed by atoms with E-state index in [0.717, 1.165) is 31.9 Å². The number of piperazine rings is 1. The van der Waals surface area contributed by atoms with Gasteiger partial charge < -0.3 is 10.1 Å². The van der Waals surface area contributed by atoms with Crippen LogP contribution in [0.3, 0.4) is 0 Å². The minimum atomic E-state index is 0. The fourth-order valence-electron chi connectivity index (χ4n) is 2.96. The summed E-state index contributed by atoms with van der Waals surface area (Å²) in [5.41, 5.74) is 2.48. The first-order valence-corrected chi connectivity index (χ1v) is 8.05. The highest BCUT2D eigenvalue weighted by molar-refractivity contribution is 5.85. The predicted octanol–water partition coefficient (Wildman–Crippen LogP) is 4.08. The van der Waals surface area contributed by atoms with Crippen molar-refractivity contribution in [3.05, 3.63) is 65.7 Å². The fourth-order valence-corrected chi connectivity index (χ4v) is 2.96. The lowest BCUT2D eigenvalue weighted by molar-refractivity contribution is 0.180. The van der Waals surface area contributed by atoms with Crippen LogP contribution in [0.15, 0.2) is 54.6 Å². The first-order chi connectivity index (χ1) is 10.8. The molecule has 0 aliphatic carbocycles. The number of hydrogen-bond donors (Lipinski definition) is 1. The molecule has 2 aromatic rings. The van der Waals surface area contributed by atoms with Crippen LogP contribution in [0.25, 0.3) is 0 Å². The second-order valence-electron chi connectivity index (χ2n) is 5.77. The van der Waals surface area contributed by atoms with Crippen molar-refractivity contribution in [1.29, 1.82) is 0 Å². The first-order valence-electron chi connectivity index (χ1n) is 8.05. The van der Waals surface area contributed by atoms with Gasteiger partial charge in [0.05, 0.1) is 0 Å². The maximum absolute atomic E-state index is 6.09. The first kappa shape index (κ1) is 20.8. The Balaban J connectivity index is 0.00000144. The van der Waals surface area contributed by atoms with Crippen LogP contribution >= 0.6 is 24.8 Å². The Kier molecular flexibility index (Phi) is 9.16. The lowest BCUT2D eigenvalue weighted by atomic mass is 10.0. The molecule has 0 aromatic heterocycles. The van der Waals surface area contributed by atoms with Crippen LogP contribution in [0.5, 0.6) is 5.75 Å². The molecule has 3 nitrogen and oxygen atoms in total. The minimum absolute atomic E-state index is 0. The Hall–Kier alpha value is -1.26. The monoisotopic (exact) mass is 368 g/mol. The molecule has 0 spiro atoms. The van der Waals surface area contributed by atoms with Gasteiger partial charge in [0, 0.05) is 37.8 Å². The van der Waals surface area contributed by atoms with E-state index in [0.29, 0.717) is 12.6 Å². The Labute approximate surface area is 157 Å². The fraction of sp³-hybridized carbons (Fsp3) is 0.368. The van der Waals surface area contributed by atoms with E-state index in [2.05, 4.69) is 47.5 Å². The second kappa shape index (κ2) is 10.6. The molecule has 132 valence electrons. The van der Waals surface area contributed by atoms with E-state index in [4.69, 9.17) is 4.74 Å². The van der Waals surface area contributed by atoms with Crippen molar-refractivity contribution in [1.82, 2.24) is 10.2 Å². The SMILES string of the molecule is C[C@@H](c1ccccc1OCc1ccccc1)N1CCNCC1.Cl.Cl. The van der Waals surface area contributed by atoms with Gasteiger partial charge in [-0.2, -0.15) is 0 Å². The highest BCUT2D eigenvalue weighted by atomic mass is 35.5. The molecular formula is C19H26Cl2N2O. The maximum atomic E-state index is 6.09. The quantitative estimate of drug-likeness (QED) is 0.860. The normalized spacial score (nSPS) is 15.7. The lowest BCUT2D eigenvalue weighted by Gasteiger charge is -2.33. The largest absolute Gasteiger partial charge is 0.489 e. The average molecular weight is 369 g/mol. The van der Waals surface area contributed by atoms with Gasteiger partial charge in [0.15, 0.2) is 0 Å². The number of ether oxygens (including phenoxy) is 1. The van der Waals surface area contributed by atoms with Gasteiger partial charge in [-0.15, -0.1) is 24.8 Å². The summed E-state index contributed by atoms with van der Waals surface area (Å²) >= 11 is 0. The lowest BCUT2D eigenvalue weighted by Crippen LogP contribution is -2.44. The molecule has 1 atom stereocenters. The van der Waals surface area contributed by atoms with Gasteiger partial charge in [0.1, 0.15) is 12.4 Å². The second-order valence-corrected chi connectivity index (χ2v) is 5.77. The maximum Gasteiger partial charge on any atom is 0.124 e. The van der Waals surface area contributed by atoms with Crippen LogP contribution in [0, 0.1) is 0 Å². The summed E-state index contributed by atoms with van der Waals surface area (Å²) in [5, 5.41) is 3.41. The van der Waals surface area contributed by atoms with Crippen LogP contribution in [0.2, 0.25) is 0 Å². The molecule has 0 radical (unpaired) electrons. The number of halogens is 2. The number of para-hydroxylation sites is 1. The molecule has 0 unspecified atom stereocenters. The number of hydrogen-bond acceptors (Lipinski definition) is 3. The van der Waals surface area contributed by atoms with E-state index in [1.165, 1.54) is 11.1 Å². The summed E-state index contributed by atoms with van der Waals surface area (Å²) in [6, 6.07) is 19.1. The van der Waals surface area contributed by atoms with Gasteiger partial charge in [-0.1, -0.05) is 48.5 Å². The van der Waals surface area contributed by atoms with Crippen molar-refractivity contribution in [2.75, 3.05) is 26.2 Å². The summed E-state index contributed by atoms with van der Waals surface area (Å²) in [7, 11) is 0. The van der Waals surface area contributed by atoms with E-state index in [-0.39, 0.29) is 24.8 Å². The molecular weight excluding hydrogens is 343 g/mol. The molecule has 1 heterocycles. The van der Waals surface area contributed by atoms with Gasteiger partial charge >= 0.3 is 0 Å². The molecule has 1 N–H and O–H groups in total. The molecule has 0 amide bonds. The van der Waals surface area contributed by atoms with E-state index in [1.54, 1.807) is 0 Å². The van der Waals surface area contributed by atoms with E-state index in [1.807, 2.05) is 24.3 Å². The van der Waals surface area contributed by atoms with Crippen LogP contribution in [0.4, 0.5) is 0 Å². The summed E-state index contributed by atoms with van der Waals surface area (Å²) in [4.78, 5) is 2.52. The molecule has 1 aliphatic heterocycles. The van der Waals surface area contributed by atoms with Crippen molar-refractivity contribution in [3.8, 4) is 5.75 Å². The van der Waals surface area contributed by atoms with Gasteiger partial charge in [-0.05, 0) is 18.6 Å². The van der Waals surface area contributed by atoms with Crippen molar-refractivity contribution >= 4 is 24.8 Å². The number of nitrogens with zero attached hydrogens (tertiary/aromatic N) is 1. The molecule has 1 aliphatic rings. The predicted molar refractivity (Wildman–Crippen MR) is 105 cm³/mol. The third-order valence-electron chi connectivity index (χ3n) is 4.31. The summed E-state index contributed by atoms with van der Waals surface area (Å²) in [5.74, 6) is 0.998. The van der Waals surface area contributed by atoms with Crippen LogP contribution in [0.1, 0.15) is 24.1 Å². The zero-order chi connectivity index (χ0) is 15.2. The van der Waals surface area contributed by atoms with Crippen molar-refractivity contribution in [2.45, 2.75) is 19.6 Å². The zero-order valence-corrected chi connectivity index (χ0v) is 15.6. The Morgan fingerprint density at radius 1 is 0.958 bits per heavy atom. The van der Waals surface area contributed by atoms with Crippen molar-refractivity contribution in [2.24, 2.45) is 0 Å². The Bertz CT molecular complexity index is 589. The van der Waals surface area contributed by atoms with E-state index >= 15 is 0 Å². The summed E-state index contributed by atoms with van der Waals surface area (Å²) < 4.78 is 6.09. The number of benzene rings is 2. The van der Waals surface area contributed by atoms with Gasteiger partial charge in [0.2, 0.25) is 0 Å². The van der Waals surface area contributed by atoms with Gasteiger partial charge in [-0.25, -0.2) is 0 Å². The molecule has 24 heavy (non-hydrogen) atoms. The molecule has 1 saturated heterocycles. The third kappa shape index (κ3) is 5.38. The molecule has 5 heteroatoms. The molecule has 2 aromatic carbocycles. The molecule has 0 saturated carbocycles. The number of rotatable bonds is 5. The Morgan fingerprint density at radius 3 is 2.29 bits per heavy atom. The topological polar surface area (TPSA) is 24.5 Å². The Morgan fingerprint density at radius 2 is 1.58 bits per heavy atom. The van der Waals surface area contributed by atoms with Crippen molar-refractivity contribution in [3.63, 3.8) is 0 Å². The zero-order valence-electron chi connectivity index (χ0n) is 14.0. The summed E-state index contributed by atoms with van der Waals surface area (Å²) in [6.45, 7) is 7.21. The van der Waals surface area contributed by atoms with Gasteiger partial charge in [0.25, 0.3) is 0 Å². The molecule has 0 bridgehead atoms. The molecule has 3 rings (SSSR count). The third-order valence-corrected chi connectivity index (χ3v) is 4.31. The average Bonchev–Trinajstić information content (AvgIpc) is 2.61. The number of nitrogens with one attached hydrogen (secondary N) is 1. The van der Waals surface area contributed by atoms with Crippen LogP contribution in [-0.2, 0) is 6.61 Å². The van der Waals surface area contributed by atoms with E-state index < -0.39 is 0 Å². The minimum Gasteiger partial charge on any atom is -0.489 e. The highest BCUT2D eigenvalue weighted by Gasteiger charge is 2.20. The van der Waals surface area contributed by atoms with Crippen LogP contribution in [-0.4, -0.2) is 31.1 Å². The van der Waals surface area contributed by atoms with Gasteiger partial charge in [-0.3, -0.25) is 4.90 Å². The van der Waals surface area contributed by atoms with Crippen molar-refractivity contribution < 1.29 is 4.74 Å².